The van der Waals surface area contributed by atoms with Gasteiger partial charge in [-0.15, -0.1) is 12.4 Å². The number of carbonyl (C=O) groups is 1. The standard InChI is InChI=1S/C16H22N2O3.ClH/c17-13-3-1-2-12(13)9-16(19)18-10-11-4-5-14-15(8-11)21-7-6-20-14;/h4-5,8,12-13H,1-3,6-7,9-10,17H2,(H,18,19);1H/t12-,13+;/m0./s1. The summed E-state index contributed by atoms with van der Waals surface area (Å²) in [5.41, 5.74) is 7.02. The van der Waals surface area contributed by atoms with Gasteiger partial charge in [0.05, 0.1) is 0 Å². The minimum absolute atomic E-state index is 0. The van der Waals surface area contributed by atoms with E-state index in [-0.39, 0.29) is 24.4 Å². The highest BCUT2D eigenvalue weighted by atomic mass is 35.5. The largest absolute Gasteiger partial charge is 0.486 e. The molecule has 1 aliphatic carbocycles. The first-order valence-corrected chi connectivity index (χ1v) is 7.63. The van der Waals surface area contributed by atoms with Gasteiger partial charge in [-0.05, 0) is 36.5 Å². The zero-order valence-corrected chi connectivity index (χ0v) is 13.4. The number of halogens is 1. The fraction of sp³-hybridized carbons (Fsp3) is 0.562. The van der Waals surface area contributed by atoms with E-state index in [9.17, 15) is 4.79 Å². The molecule has 5 nitrogen and oxygen atoms in total. The third kappa shape index (κ3) is 4.05. The quantitative estimate of drug-likeness (QED) is 0.887. The zero-order valence-electron chi connectivity index (χ0n) is 12.5. The molecule has 122 valence electrons. The van der Waals surface area contributed by atoms with Crippen molar-refractivity contribution in [2.75, 3.05) is 13.2 Å². The van der Waals surface area contributed by atoms with E-state index >= 15 is 0 Å². The number of ether oxygens (including phenoxy) is 2. The first-order valence-electron chi connectivity index (χ1n) is 7.63. The molecule has 1 aromatic rings. The molecule has 3 N–H and O–H groups in total. The van der Waals surface area contributed by atoms with Crippen molar-refractivity contribution >= 4 is 18.3 Å². The molecule has 0 saturated heterocycles. The van der Waals surface area contributed by atoms with Crippen molar-refractivity contribution in [3.63, 3.8) is 0 Å². The van der Waals surface area contributed by atoms with Crippen molar-refractivity contribution in [2.45, 2.75) is 38.3 Å². The SMILES string of the molecule is Cl.N[C@@H]1CCC[C@H]1CC(=O)NCc1ccc2c(c1)OCCO2. The first-order chi connectivity index (χ1) is 10.2. The van der Waals surface area contributed by atoms with Crippen LogP contribution in [0.25, 0.3) is 0 Å². The lowest BCUT2D eigenvalue weighted by molar-refractivity contribution is -0.122. The molecule has 0 spiro atoms. The number of amides is 1. The number of rotatable bonds is 4. The Labute approximate surface area is 137 Å². The summed E-state index contributed by atoms with van der Waals surface area (Å²) in [6.45, 7) is 1.67. The Hall–Kier alpha value is -1.46. The topological polar surface area (TPSA) is 73.6 Å². The lowest BCUT2D eigenvalue weighted by Gasteiger charge is -2.19. The number of nitrogens with one attached hydrogen (secondary N) is 1. The highest BCUT2D eigenvalue weighted by molar-refractivity contribution is 5.85. The van der Waals surface area contributed by atoms with Crippen LogP contribution in [0, 0.1) is 5.92 Å². The fourth-order valence-electron chi connectivity index (χ4n) is 3.03. The second kappa shape index (κ2) is 7.70. The monoisotopic (exact) mass is 326 g/mol. The summed E-state index contributed by atoms with van der Waals surface area (Å²) in [6.07, 6.45) is 3.78. The maximum atomic E-state index is 12.0. The maximum Gasteiger partial charge on any atom is 0.220 e. The second-order valence-electron chi connectivity index (χ2n) is 5.81. The Balaban J connectivity index is 0.00000176. The number of nitrogens with two attached hydrogens (primary N) is 1. The van der Waals surface area contributed by atoms with E-state index in [0.717, 1.165) is 36.3 Å². The van der Waals surface area contributed by atoms with Crippen LogP contribution < -0.4 is 20.5 Å². The van der Waals surface area contributed by atoms with Crippen LogP contribution in [0.3, 0.4) is 0 Å². The van der Waals surface area contributed by atoms with Crippen LogP contribution in [0.5, 0.6) is 11.5 Å². The summed E-state index contributed by atoms with van der Waals surface area (Å²) in [4.78, 5) is 12.0. The lowest BCUT2D eigenvalue weighted by Crippen LogP contribution is -2.31. The Morgan fingerprint density at radius 3 is 2.73 bits per heavy atom. The molecule has 6 heteroatoms. The van der Waals surface area contributed by atoms with Crippen LogP contribution in [-0.4, -0.2) is 25.2 Å². The zero-order chi connectivity index (χ0) is 14.7. The molecule has 0 aromatic heterocycles. The average Bonchev–Trinajstić information content (AvgIpc) is 2.90. The van der Waals surface area contributed by atoms with Crippen LogP contribution in [0.2, 0.25) is 0 Å². The van der Waals surface area contributed by atoms with Gasteiger partial charge < -0.3 is 20.5 Å². The van der Waals surface area contributed by atoms with Gasteiger partial charge in [0.1, 0.15) is 13.2 Å². The molecule has 1 heterocycles. The van der Waals surface area contributed by atoms with Gasteiger partial charge in [0.15, 0.2) is 11.5 Å². The predicted octanol–water partition coefficient (Wildman–Crippen LogP) is 2.01. The van der Waals surface area contributed by atoms with E-state index in [2.05, 4.69) is 5.32 Å². The Bertz CT molecular complexity index is 524. The number of carbonyl (C=O) groups excluding carboxylic acids is 1. The molecule has 1 aromatic carbocycles. The molecule has 0 radical (unpaired) electrons. The number of hydrogen-bond acceptors (Lipinski definition) is 4. The molecule has 0 unspecified atom stereocenters. The molecule has 1 aliphatic heterocycles. The number of fused-ring (bicyclic) bond motifs is 1. The highest BCUT2D eigenvalue weighted by Crippen LogP contribution is 2.31. The van der Waals surface area contributed by atoms with Crippen LogP contribution in [0.4, 0.5) is 0 Å². The van der Waals surface area contributed by atoms with Crippen LogP contribution in [-0.2, 0) is 11.3 Å². The minimum Gasteiger partial charge on any atom is -0.486 e. The van der Waals surface area contributed by atoms with E-state index in [1.807, 2.05) is 18.2 Å². The summed E-state index contributed by atoms with van der Waals surface area (Å²) in [7, 11) is 0. The van der Waals surface area contributed by atoms with Crippen molar-refractivity contribution in [1.82, 2.24) is 5.32 Å². The summed E-state index contributed by atoms with van der Waals surface area (Å²) in [6, 6.07) is 5.96. The molecule has 22 heavy (non-hydrogen) atoms. The Morgan fingerprint density at radius 2 is 2.00 bits per heavy atom. The molecule has 1 amide bonds. The van der Waals surface area contributed by atoms with Gasteiger partial charge in [-0.3, -0.25) is 4.79 Å². The van der Waals surface area contributed by atoms with Gasteiger partial charge >= 0.3 is 0 Å². The lowest BCUT2D eigenvalue weighted by atomic mass is 10.00. The van der Waals surface area contributed by atoms with Gasteiger partial charge in [0.2, 0.25) is 5.91 Å². The minimum atomic E-state index is 0. The summed E-state index contributed by atoms with van der Waals surface area (Å²) in [5, 5.41) is 2.96. The third-order valence-corrected chi connectivity index (χ3v) is 4.26. The molecule has 2 aliphatic rings. The van der Waals surface area contributed by atoms with Crippen molar-refractivity contribution in [2.24, 2.45) is 11.7 Å². The van der Waals surface area contributed by atoms with E-state index in [1.54, 1.807) is 0 Å². The highest BCUT2D eigenvalue weighted by Gasteiger charge is 2.25. The molecular formula is C16H23ClN2O3. The smallest absolute Gasteiger partial charge is 0.220 e. The second-order valence-corrected chi connectivity index (χ2v) is 5.81. The molecule has 0 bridgehead atoms. The van der Waals surface area contributed by atoms with E-state index in [0.29, 0.717) is 32.1 Å². The van der Waals surface area contributed by atoms with Gasteiger partial charge in [0, 0.05) is 19.0 Å². The van der Waals surface area contributed by atoms with Gasteiger partial charge in [-0.2, -0.15) is 0 Å². The van der Waals surface area contributed by atoms with E-state index in [4.69, 9.17) is 15.2 Å². The summed E-state index contributed by atoms with van der Waals surface area (Å²) in [5.74, 6) is 1.94. The summed E-state index contributed by atoms with van der Waals surface area (Å²) >= 11 is 0. The molecule has 1 saturated carbocycles. The van der Waals surface area contributed by atoms with Gasteiger partial charge in [-0.1, -0.05) is 12.5 Å². The molecular weight excluding hydrogens is 304 g/mol. The van der Waals surface area contributed by atoms with E-state index in [1.165, 1.54) is 0 Å². The molecule has 1 fully saturated rings. The van der Waals surface area contributed by atoms with Crippen molar-refractivity contribution in [3.05, 3.63) is 23.8 Å². The average molecular weight is 327 g/mol. The Kier molecular flexibility index (Phi) is 5.91. The normalized spacial score (nSPS) is 22.8. The molecule has 2 atom stereocenters. The van der Waals surface area contributed by atoms with Crippen molar-refractivity contribution in [3.8, 4) is 11.5 Å². The van der Waals surface area contributed by atoms with Crippen LogP contribution >= 0.6 is 12.4 Å². The van der Waals surface area contributed by atoms with Gasteiger partial charge in [-0.25, -0.2) is 0 Å². The van der Waals surface area contributed by atoms with Crippen LogP contribution in [0.1, 0.15) is 31.2 Å². The van der Waals surface area contributed by atoms with Gasteiger partial charge in [0.25, 0.3) is 0 Å². The Morgan fingerprint density at radius 1 is 1.23 bits per heavy atom. The first kappa shape index (κ1) is 16.9. The molecule has 3 rings (SSSR count). The number of hydrogen-bond donors (Lipinski definition) is 2. The maximum absolute atomic E-state index is 12.0. The predicted molar refractivity (Wildman–Crippen MR) is 86.5 cm³/mol. The third-order valence-electron chi connectivity index (χ3n) is 4.26. The van der Waals surface area contributed by atoms with Crippen LogP contribution in [0.15, 0.2) is 18.2 Å². The number of benzene rings is 1. The summed E-state index contributed by atoms with van der Waals surface area (Å²) < 4.78 is 11.0. The fourth-order valence-corrected chi connectivity index (χ4v) is 3.03. The van der Waals surface area contributed by atoms with Crippen molar-refractivity contribution < 1.29 is 14.3 Å². The van der Waals surface area contributed by atoms with Crippen molar-refractivity contribution in [1.29, 1.82) is 0 Å². The van der Waals surface area contributed by atoms with E-state index < -0.39 is 0 Å².